The van der Waals surface area contributed by atoms with Crippen molar-refractivity contribution in [2.24, 2.45) is 17.8 Å². The fourth-order valence-electron chi connectivity index (χ4n) is 2.41. The van der Waals surface area contributed by atoms with Crippen LogP contribution in [0.15, 0.2) is 0 Å². The van der Waals surface area contributed by atoms with Gasteiger partial charge in [0, 0.05) is 6.42 Å². The molecule has 0 radical (unpaired) electrons. The van der Waals surface area contributed by atoms with Gasteiger partial charge >= 0.3 is 5.97 Å². The average molecular weight is 289 g/mol. The Morgan fingerprint density at radius 2 is 1.74 bits per heavy atom. The highest BCUT2D eigenvalue weighted by Crippen LogP contribution is 2.45. The third kappa shape index (κ3) is 5.65. The maximum Gasteiger partial charge on any atom is 0.303 e. The molecule has 0 aromatic rings. The molecule has 0 heterocycles. The summed E-state index contributed by atoms with van der Waals surface area (Å²) >= 11 is 0. The molecule has 4 heteroatoms. The molecule has 19 heavy (non-hydrogen) atoms. The predicted octanol–water partition coefficient (Wildman–Crippen LogP) is 4.13. The second-order valence-electron chi connectivity index (χ2n) is 7.25. The van der Waals surface area contributed by atoms with Crippen molar-refractivity contribution >= 4 is 14.3 Å². The molecular weight excluding hydrogens is 256 g/mol. The number of carboxylic acids is 1. The quantitative estimate of drug-likeness (QED) is 0.660. The second kappa shape index (κ2) is 6.89. The lowest BCUT2D eigenvalue weighted by atomic mass is 9.76. The van der Waals surface area contributed by atoms with E-state index in [2.05, 4.69) is 34.6 Å². The summed E-state index contributed by atoms with van der Waals surface area (Å²) in [6, 6.07) is 0. The van der Waals surface area contributed by atoms with E-state index in [0.717, 1.165) is 12.8 Å². The van der Waals surface area contributed by atoms with E-state index < -0.39 is 14.3 Å². The van der Waals surface area contributed by atoms with Crippen LogP contribution in [0.25, 0.3) is 0 Å². The summed E-state index contributed by atoms with van der Waals surface area (Å²) in [6.07, 6.45) is 2.07. The van der Waals surface area contributed by atoms with Crippen LogP contribution in [0.4, 0.5) is 0 Å². The van der Waals surface area contributed by atoms with Crippen LogP contribution >= 0.6 is 0 Å². The number of aliphatic carboxylic acids is 1. The molecule has 0 saturated carbocycles. The van der Waals surface area contributed by atoms with Gasteiger partial charge in [0.1, 0.15) is 0 Å². The molecule has 0 bridgehead atoms. The van der Waals surface area contributed by atoms with Gasteiger partial charge in [0.2, 0.25) is 0 Å². The predicted molar refractivity (Wildman–Crippen MR) is 82.7 cm³/mol. The number of rotatable bonds is 8. The first kappa shape index (κ1) is 18.6. The summed E-state index contributed by atoms with van der Waals surface area (Å²) in [6.45, 7) is 14.5. The Bertz CT molecular complexity index is 294. The summed E-state index contributed by atoms with van der Waals surface area (Å²) in [5, 5.41) is 8.98. The highest BCUT2D eigenvalue weighted by atomic mass is 28.4. The van der Waals surface area contributed by atoms with Gasteiger partial charge in [-0.2, -0.15) is 0 Å². The van der Waals surface area contributed by atoms with Crippen molar-refractivity contribution in [1.29, 1.82) is 0 Å². The Kier molecular flexibility index (Phi) is 6.76. The minimum atomic E-state index is -2.28. The molecule has 0 aromatic carbocycles. The third-order valence-corrected chi connectivity index (χ3v) is 8.67. The van der Waals surface area contributed by atoms with Crippen LogP contribution in [-0.4, -0.2) is 24.2 Å². The molecule has 2 N–H and O–H groups in total. The zero-order valence-electron chi connectivity index (χ0n) is 13.7. The minimum Gasteiger partial charge on any atom is -0.481 e. The molecule has 3 atom stereocenters. The van der Waals surface area contributed by atoms with Gasteiger partial charge in [0.05, 0.1) is 0 Å². The second-order valence-corrected chi connectivity index (χ2v) is 11.7. The smallest absolute Gasteiger partial charge is 0.303 e. The highest BCUT2D eigenvalue weighted by Gasteiger charge is 2.41. The van der Waals surface area contributed by atoms with Gasteiger partial charge in [-0.15, -0.1) is 0 Å². The lowest BCUT2D eigenvalue weighted by molar-refractivity contribution is -0.138. The maximum absolute atomic E-state index is 11.1. The summed E-state index contributed by atoms with van der Waals surface area (Å²) in [7, 11) is -2.28. The summed E-state index contributed by atoms with van der Waals surface area (Å²) in [5.41, 5.74) is 0. The first-order chi connectivity index (χ1) is 8.42. The van der Waals surface area contributed by atoms with E-state index in [1.165, 1.54) is 0 Å². The van der Waals surface area contributed by atoms with E-state index in [0.29, 0.717) is 11.8 Å². The van der Waals surface area contributed by atoms with E-state index in [-0.39, 0.29) is 17.4 Å². The van der Waals surface area contributed by atoms with Crippen LogP contribution in [0.5, 0.6) is 0 Å². The third-order valence-electron chi connectivity index (χ3n) is 5.15. The molecule has 0 saturated heterocycles. The van der Waals surface area contributed by atoms with Gasteiger partial charge in [0.25, 0.3) is 0 Å². The van der Waals surface area contributed by atoms with Crippen LogP contribution in [0.1, 0.15) is 53.9 Å². The minimum absolute atomic E-state index is 0.140. The largest absolute Gasteiger partial charge is 0.481 e. The zero-order chi connectivity index (χ0) is 15.4. The Morgan fingerprint density at radius 3 is 2.05 bits per heavy atom. The summed E-state index contributed by atoms with van der Waals surface area (Å²) in [5.74, 6) is 0.301. The van der Waals surface area contributed by atoms with Crippen LogP contribution < -0.4 is 0 Å². The van der Waals surface area contributed by atoms with Gasteiger partial charge in [-0.25, -0.2) is 0 Å². The molecule has 3 nitrogen and oxygen atoms in total. The molecule has 0 aliphatic heterocycles. The van der Waals surface area contributed by atoms with Gasteiger partial charge < -0.3 is 9.90 Å². The van der Waals surface area contributed by atoms with Crippen molar-refractivity contribution in [3.05, 3.63) is 0 Å². The zero-order valence-corrected chi connectivity index (χ0v) is 14.7. The lowest BCUT2D eigenvalue weighted by Crippen LogP contribution is -2.41. The molecule has 114 valence electrons. The lowest BCUT2D eigenvalue weighted by Gasteiger charge is -2.40. The first-order valence-electron chi connectivity index (χ1n) is 7.36. The van der Waals surface area contributed by atoms with Crippen molar-refractivity contribution in [2.75, 3.05) is 0 Å². The van der Waals surface area contributed by atoms with Gasteiger partial charge in [0.15, 0.2) is 8.32 Å². The van der Waals surface area contributed by atoms with Crippen LogP contribution in [-0.2, 0) is 4.79 Å². The Hall–Kier alpha value is -0.353. The van der Waals surface area contributed by atoms with E-state index >= 15 is 0 Å². The molecule has 0 spiro atoms. The Morgan fingerprint density at radius 1 is 1.26 bits per heavy atom. The number of hydrogen-bond donors (Lipinski definition) is 2. The SMILES string of the molecule is CC[C@H](C)[C@@H](C)[C@H](CC(=O)O)CC(C)(C)[Si](C)(C)O. The monoisotopic (exact) mass is 288 g/mol. The Labute approximate surface area is 119 Å². The molecule has 0 fully saturated rings. The summed E-state index contributed by atoms with van der Waals surface area (Å²) in [4.78, 5) is 21.5. The Balaban J connectivity index is 5.02. The van der Waals surface area contributed by atoms with Gasteiger partial charge in [-0.3, -0.25) is 4.79 Å². The molecule has 0 unspecified atom stereocenters. The number of carbonyl (C=O) groups is 1. The average Bonchev–Trinajstić information content (AvgIpc) is 2.23. The number of carboxylic acid groups (broad SMARTS) is 1. The van der Waals surface area contributed by atoms with Crippen molar-refractivity contribution in [1.82, 2.24) is 0 Å². The summed E-state index contributed by atoms with van der Waals surface area (Å²) < 4.78 is 0. The van der Waals surface area contributed by atoms with Crippen LogP contribution in [0.3, 0.4) is 0 Å². The molecule has 0 aliphatic rings. The fourth-order valence-corrected chi connectivity index (χ4v) is 3.17. The highest BCUT2D eigenvalue weighted by molar-refractivity contribution is 6.72. The molecule has 0 aromatic heterocycles. The normalized spacial score (nSPS) is 17.9. The van der Waals surface area contributed by atoms with E-state index in [1.54, 1.807) is 0 Å². The van der Waals surface area contributed by atoms with E-state index in [9.17, 15) is 9.59 Å². The molecule has 0 rings (SSSR count). The van der Waals surface area contributed by atoms with Crippen LogP contribution in [0.2, 0.25) is 18.1 Å². The fraction of sp³-hybridized carbons (Fsp3) is 0.933. The van der Waals surface area contributed by atoms with Crippen molar-refractivity contribution in [3.63, 3.8) is 0 Å². The molecule has 0 amide bonds. The van der Waals surface area contributed by atoms with E-state index in [1.807, 2.05) is 13.1 Å². The topological polar surface area (TPSA) is 57.5 Å². The maximum atomic E-state index is 11.1. The van der Waals surface area contributed by atoms with E-state index in [4.69, 9.17) is 5.11 Å². The van der Waals surface area contributed by atoms with Crippen molar-refractivity contribution in [3.8, 4) is 0 Å². The standard InChI is InChI=1S/C15H32O3Si/c1-8-11(2)12(3)13(9-14(16)17)10-15(4,5)19(6,7)18/h11-13,18H,8-10H2,1-7H3,(H,16,17)/t11-,12+,13+/m0/s1. The van der Waals surface area contributed by atoms with Crippen molar-refractivity contribution < 1.29 is 14.7 Å². The first-order valence-corrected chi connectivity index (χ1v) is 10.3. The van der Waals surface area contributed by atoms with Crippen molar-refractivity contribution in [2.45, 2.75) is 72.0 Å². The number of hydrogen-bond acceptors (Lipinski definition) is 2. The van der Waals surface area contributed by atoms with Gasteiger partial charge in [-0.1, -0.05) is 41.0 Å². The van der Waals surface area contributed by atoms with Crippen LogP contribution in [0, 0.1) is 17.8 Å². The molecule has 0 aliphatic carbocycles. The van der Waals surface area contributed by atoms with Gasteiger partial charge in [-0.05, 0) is 42.3 Å². The molecular formula is C15H32O3Si.